The van der Waals surface area contributed by atoms with Gasteiger partial charge in [0, 0.05) is 6.07 Å². The van der Waals surface area contributed by atoms with Gasteiger partial charge in [0.25, 0.3) is 0 Å². The standard InChI is InChI=1S/C12H10BrNO4/c1-16-12(15)8-3-2-4-9(5-8)17-7-10-6-11(13)14-18-10/h2-6H,7H2,1H3. The number of rotatable bonds is 4. The van der Waals surface area contributed by atoms with Gasteiger partial charge in [0.15, 0.2) is 5.76 Å². The first-order valence-electron chi connectivity index (χ1n) is 5.11. The SMILES string of the molecule is COC(=O)c1cccc(OCc2cc(Br)no2)c1. The highest BCUT2D eigenvalue weighted by Gasteiger charge is 2.07. The lowest BCUT2D eigenvalue weighted by Crippen LogP contribution is -2.01. The quantitative estimate of drug-likeness (QED) is 0.812. The van der Waals surface area contributed by atoms with Crippen LogP contribution in [0.3, 0.4) is 0 Å². The van der Waals surface area contributed by atoms with E-state index in [1.54, 1.807) is 30.3 Å². The Morgan fingerprint density at radius 1 is 1.44 bits per heavy atom. The summed E-state index contributed by atoms with van der Waals surface area (Å²) in [5, 5.41) is 3.68. The van der Waals surface area contributed by atoms with Crippen molar-refractivity contribution in [1.29, 1.82) is 0 Å². The Morgan fingerprint density at radius 2 is 2.28 bits per heavy atom. The number of nitrogens with zero attached hydrogens (tertiary/aromatic N) is 1. The maximum atomic E-state index is 11.3. The van der Waals surface area contributed by atoms with Gasteiger partial charge in [-0.05, 0) is 34.1 Å². The Morgan fingerprint density at radius 3 is 2.94 bits per heavy atom. The van der Waals surface area contributed by atoms with Gasteiger partial charge >= 0.3 is 5.97 Å². The maximum absolute atomic E-state index is 11.3. The van der Waals surface area contributed by atoms with Gasteiger partial charge in [0.05, 0.1) is 12.7 Å². The first kappa shape index (κ1) is 12.6. The van der Waals surface area contributed by atoms with E-state index in [2.05, 4.69) is 25.8 Å². The molecule has 2 aromatic rings. The van der Waals surface area contributed by atoms with Gasteiger partial charge in [-0.25, -0.2) is 4.79 Å². The van der Waals surface area contributed by atoms with Crippen molar-refractivity contribution in [3.8, 4) is 5.75 Å². The highest BCUT2D eigenvalue weighted by Crippen LogP contribution is 2.17. The fourth-order valence-corrected chi connectivity index (χ4v) is 1.67. The lowest BCUT2D eigenvalue weighted by Gasteiger charge is -2.05. The predicted octanol–water partition coefficient (Wildman–Crippen LogP) is 2.80. The number of ether oxygens (including phenoxy) is 2. The van der Waals surface area contributed by atoms with E-state index in [1.807, 2.05) is 0 Å². The zero-order chi connectivity index (χ0) is 13.0. The molecule has 0 aliphatic carbocycles. The third kappa shape index (κ3) is 3.10. The van der Waals surface area contributed by atoms with Gasteiger partial charge in [-0.1, -0.05) is 11.2 Å². The van der Waals surface area contributed by atoms with E-state index in [0.29, 0.717) is 21.7 Å². The predicted molar refractivity (Wildman–Crippen MR) is 66.3 cm³/mol. The van der Waals surface area contributed by atoms with Crippen molar-refractivity contribution in [3.05, 3.63) is 46.3 Å². The van der Waals surface area contributed by atoms with Crippen molar-refractivity contribution >= 4 is 21.9 Å². The van der Waals surface area contributed by atoms with E-state index < -0.39 is 5.97 Å². The summed E-state index contributed by atoms with van der Waals surface area (Å²) in [5.41, 5.74) is 0.439. The monoisotopic (exact) mass is 311 g/mol. The molecule has 0 N–H and O–H groups in total. The van der Waals surface area contributed by atoms with E-state index in [4.69, 9.17) is 9.26 Å². The van der Waals surface area contributed by atoms with Crippen LogP contribution in [0.25, 0.3) is 0 Å². The number of methoxy groups -OCH3 is 1. The lowest BCUT2D eigenvalue weighted by molar-refractivity contribution is 0.0600. The number of esters is 1. The minimum absolute atomic E-state index is 0.239. The average molecular weight is 312 g/mol. The number of hydrogen-bond donors (Lipinski definition) is 0. The van der Waals surface area contributed by atoms with Crippen molar-refractivity contribution in [2.45, 2.75) is 6.61 Å². The number of carbonyl (C=O) groups excluding carboxylic acids is 1. The molecule has 2 rings (SSSR count). The van der Waals surface area contributed by atoms with Gasteiger partial charge in [-0.15, -0.1) is 0 Å². The highest BCUT2D eigenvalue weighted by atomic mass is 79.9. The highest BCUT2D eigenvalue weighted by molar-refractivity contribution is 9.10. The van der Waals surface area contributed by atoms with Crippen LogP contribution in [0.5, 0.6) is 5.75 Å². The Balaban J connectivity index is 2.03. The lowest BCUT2D eigenvalue weighted by atomic mass is 10.2. The van der Waals surface area contributed by atoms with Crippen LogP contribution in [-0.4, -0.2) is 18.2 Å². The molecule has 18 heavy (non-hydrogen) atoms. The molecule has 1 aromatic heterocycles. The second-order valence-electron chi connectivity index (χ2n) is 3.42. The third-order valence-corrected chi connectivity index (χ3v) is 2.54. The summed E-state index contributed by atoms with van der Waals surface area (Å²) in [6.45, 7) is 0.239. The van der Waals surface area contributed by atoms with E-state index >= 15 is 0 Å². The molecule has 0 atom stereocenters. The zero-order valence-electron chi connectivity index (χ0n) is 9.55. The largest absolute Gasteiger partial charge is 0.486 e. The van der Waals surface area contributed by atoms with E-state index in [0.717, 1.165) is 0 Å². The number of aromatic nitrogens is 1. The summed E-state index contributed by atoms with van der Waals surface area (Å²) in [5.74, 6) is 0.749. The van der Waals surface area contributed by atoms with E-state index in [-0.39, 0.29) is 6.61 Å². The number of carbonyl (C=O) groups is 1. The van der Waals surface area contributed by atoms with E-state index in [9.17, 15) is 4.79 Å². The molecule has 0 unspecified atom stereocenters. The summed E-state index contributed by atoms with van der Waals surface area (Å²) in [4.78, 5) is 11.3. The third-order valence-electron chi connectivity index (χ3n) is 2.17. The van der Waals surface area contributed by atoms with Gasteiger partial charge in [0.2, 0.25) is 0 Å². The van der Waals surface area contributed by atoms with Gasteiger partial charge < -0.3 is 14.0 Å². The molecule has 5 nitrogen and oxygen atoms in total. The van der Waals surface area contributed by atoms with Gasteiger partial charge in [-0.3, -0.25) is 0 Å². The molecule has 0 fully saturated rings. The van der Waals surface area contributed by atoms with Crippen molar-refractivity contribution in [2.75, 3.05) is 7.11 Å². The van der Waals surface area contributed by atoms with E-state index in [1.165, 1.54) is 7.11 Å². The maximum Gasteiger partial charge on any atom is 0.337 e. The number of halogens is 1. The van der Waals surface area contributed by atoms with Crippen molar-refractivity contribution in [3.63, 3.8) is 0 Å². The van der Waals surface area contributed by atoms with Crippen LogP contribution < -0.4 is 4.74 Å². The molecule has 1 heterocycles. The summed E-state index contributed by atoms with van der Waals surface area (Å²) in [6, 6.07) is 8.45. The van der Waals surface area contributed by atoms with Crippen LogP contribution in [-0.2, 0) is 11.3 Å². The Bertz CT molecular complexity index is 553. The molecule has 1 aromatic carbocycles. The Labute approximate surface area is 112 Å². The fraction of sp³-hybridized carbons (Fsp3) is 0.167. The second-order valence-corrected chi connectivity index (χ2v) is 4.24. The van der Waals surface area contributed by atoms with Crippen LogP contribution >= 0.6 is 15.9 Å². The van der Waals surface area contributed by atoms with Crippen LogP contribution in [0.4, 0.5) is 0 Å². The number of hydrogen-bond acceptors (Lipinski definition) is 5. The van der Waals surface area contributed by atoms with Crippen molar-refractivity contribution in [2.24, 2.45) is 0 Å². The summed E-state index contributed by atoms with van der Waals surface area (Å²) < 4.78 is 15.7. The summed E-state index contributed by atoms with van der Waals surface area (Å²) in [6.07, 6.45) is 0. The molecule has 0 spiro atoms. The molecular formula is C12H10BrNO4. The molecule has 0 saturated heterocycles. The van der Waals surface area contributed by atoms with Crippen molar-refractivity contribution < 1.29 is 18.8 Å². The molecule has 0 bridgehead atoms. The zero-order valence-corrected chi connectivity index (χ0v) is 11.1. The molecule has 6 heteroatoms. The molecular weight excluding hydrogens is 302 g/mol. The molecule has 0 aliphatic rings. The average Bonchev–Trinajstić information content (AvgIpc) is 2.81. The molecule has 94 valence electrons. The van der Waals surface area contributed by atoms with Crippen LogP contribution in [0.2, 0.25) is 0 Å². The van der Waals surface area contributed by atoms with Crippen LogP contribution in [0.15, 0.2) is 39.5 Å². The summed E-state index contributed by atoms with van der Waals surface area (Å²) in [7, 11) is 1.34. The normalized spacial score (nSPS) is 10.1. The Kier molecular flexibility index (Phi) is 3.99. The smallest absolute Gasteiger partial charge is 0.337 e. The van der Waals surface area contributed by atoms with Gasteiger partial charge in [-0.2, -0.15) is 0 Å². The first-order valence-corrected chi connectivity index (χ1v) is 5.90. The second kappa shape index (κ2) is 5.68. The molecule has 0 aliphatic heterocycles. The fourth-order valence-electron chi connectivity index (χ4n) is 1.34. The molecule has 0 amide bonds. The topological polar surface area (TPSA) is 61.6 Å². The van der Waals surface area contributed by atoms with Crippen molar-refractivity contribution in [1.82, 2.24) is 5.16 Å². The minimum atomic E-state index is -0.400. The number of benzene rings is 1. The van der Waals surface area contributed by atoms with Crippen LogP contribution in [0, 0.1) is 0 Å². The molecule has 0 radical (unpaired) electrons. The molecule has 0 saturated carbocycles. The van der Waals surface area contributed by atoms with Crippen LogP contribution in [0.1, 0.15) is 16.1 Å². The van der Waals surface area contributed by atoms with Gasteiger partial charge in [0.1, 0.15) is 17.0 Å². The first-order chi connectivity index (χ1) is 8.69. The minimum Gasteiger partial charge on any atom is -0.486 e. The summed E-state index contributed by atoms with van der Waals surface area (Å²) >= 11 is 3.18. The Hall–Kier alpha value is -1.82.